The lowest BCUT2D eigenvalue weighted by atomic mass is 10.2. The number of carbonyl (C=O) groups is 2. The fourth-order valence-corrected chi connectivity index (χ4v) is 3.13. The summed E-state index contributed by atoms with van der Waals surface area (Å²) in [5, 5.41) is 10.7. The largest absolute Gasteiger partial charge is 0.355 e. The van der Waals surface area contributed by atoms with E-state index >= 15 is 0 Å². The van der Waals surface area contributed by atoms with Gasteiger partial charge in [-0.15, -0.1) is 0 Å². The molecule has 10 heteroatoms. The molecule has 27 heavy (non-hydrogen) atoms. The van der Waals surface area contributed by atoms with Gasteiger partial charge in [-0.2, -0.15) is 0 Å². The van der Waals surface area contributed by atoms with Crippen molar-refractivity contribution in [2.45, 2.75) is 18.7 Å². The van der Waals surface area contributed by atoms with E-state index in [0.29, 0.717) is 50.9 Å². The number of amides is 3. The summed E-state index contributed by atoms with van der Waals surface area (Å²) in [6.45, 7) is 7.33. The summed E-state index contributed by atoms with van der Waals surface area (Å²) >= 11 is 0. The van der Waals surface area contributed by atoms with Crippen LogP contribution in [-0.2, 0) is 14.8 Å². The van der Waals surface area contributed by atoms with Crippen LogP contribution < -0.4 is 15.8 Å². The Hall–Kier alpha value is -2.17. The molecule has 1 fully saturated rings. The summed E-state index contributed by atoms with van der Waals surface area (Å²) in [6, 6.07) is 5.42. The number of nitrogens with two attached hydrogens (primary N) is 1. The van der Waals surface area contributed by atoms with Crippen LogP contribution in [0.3, 0.4) is 0 Å². The lowest BCUT2D eigenvalue weighted by molar-refractivity contribution is -0.122. The van der Waals surface area contributed by atoms with Gasteiger partial charge in [0, 0.05) is 38.4 Å². The number of urea groups is 1. The van der Waals surface area contributed by atoms with Crippen molar-refractivity contribution >= 4 is 27.6 Å². The Bertz CT molecular complexity index is 756. The number of sulfonamides is 1. The first-order valence-corrected chi connectivity index (χ1v) is 10.4. The monoisotopic (exact) mass is 397 g/mol. The van der Waals surface area contributed by atoms with Crippen molar-refractivity contribution in [3.63, 3.8) is 0 Å². The topological polar surface area (TPSA) is 125 Å². The molecule has 0 bridgehead atoms. The second-order valence-corrected chi connectivity index (χ2v) is 8.52. The molecular formula is C17H27N5O4S. The van der Waals surface area contributed by atoms with Crippen LogP contribution in [0.15, 0.2) is 29.2 Å². The molecule has 1 heterocycles. The third-order valence-corrected chi connectivity index (χ3v) is 5.10. The van der Waals surface area contributed by atoms with Gasteiger partial charge in [0.2, 0.25) is 15.9 Å². The van der Waals surface area contributed by atoms with E-state index in [9.17, 15) is 18.0 Å². The highest BCUT2D eigenvalue weighted by molar-refractivity contribution is 7.89. The minimum Gasteiger partial charge on any atom is -0.355 e. The smallest absolute Gasteiger partial charge is 0.321 e. The van der Waals surface area contributed by atoms with E-state index in [1.54, 1.807) is 4.90 Å². The number of nitrogens with one attached hydrogen (secondary N) is 2. The molecule has 0 spiro atoms. The van der Waals surface area contributed by atoms with Crippen LogP contribution >= 0.6 is 0 Å². The van der Waals surface area contributed by atoms with Gasteiger partial charge >= 0.3 is 6.03 Å². The normalized spacial score (nSPS) is 15.6. The molecule has 0 radical (unpaired) electrons. The predicted octanol–water partition coefficient (Wildman–Crippen LogP) is 0.256. The van der Waals surface area contributed by atoms with Gasteiger partial charge in [0.1, 0.15) is 0 Å². The zero-order valence-electron chi connectivity index (χ0n) is 15.6. The Morgan fingerprint density at radius 2 is 1.70 bits per heavy atom. The van der Waals surface area contributed by atoms with Gasteiger partial charge in [-0.05, 0) is 30.2 Å². The number of anilines is 1. The molecule has 1 aromatic carbocycles. The van der Waals surface area contributed by atoms with Crippen LogP contribution in [-0.4, -0.2) is 69.4 Å². The average Bonchev–Trinajstić information content (AvgIpc) is 2.60. The highest BCUT2D eigenvalue weighted by atomic mass is 32.2. The van der Waals surface area contributed by atoms with Crippen LogP contribution in [0.1, 0.15) is 13.8 Å². The second-order valence-electron chi connectivity index (χ2n) is 6.96. The predicted molar refractivity (Wildman–Crippen MR) is 103 cm³/mol. The molecule has 0 aliphatic carbocycles. The highest BCUT2D eigenvalue weighted by Crippen LogP contribution is 2.14. The lowest BCUT2D eigenvalue weighted by Crippen LogP contribution is -2.52. The molecule has 1 saturated heterocycles. The number of carbonyl (C=O) groups excluding carboxylic acids is 2. The minimum absolute atomic E-state index is 0.00320. The molecule has 1 aliphatic rings. The molecule has 0 atom stereocenters. The van der Waals surface area contributed by atoms with Crippen LogP contribution in [0.4, 0.5) is 10.5 Å². The van der Waals surface area contributed by atoms with E-state index in [4.69, 9.17) is 5.14 Å². The SMILES string of the molecule is CC(C)CNC(=O)CN1CCN(C(=O)Nc2ccc(S(N)(=O)=O)cc2)CC1. The maximum absolute atomic E-state index is 12.3. The number of nitrogens with zero attached hydrogens (tertiary/aromatic N) is 2. The van der Waals surface area contributed by atoms with E-state index in [2.05, 4.69) is 10.6 Å². The maximum atomic E-state index is 12.3. The van der Waals surface area contributed by atoms with E-state index < -0.39 is 10.0 Å². The summed E-state index contributed by atoms with van der Waals surface area (Å²) in [5.41, 5.74) is 0.489. The van der Waals surface area contributed by atoms with Gasteiger partial charge in [-0.25, -0.2) is 18.4 Å². The molecule has 4 N–H and O–H groups in total. The molecule has 150 valence electrons. The molecule has 1 aliphatic heterocycles. The first-order valence-electron chi connectivity index (χ1n) is 8.83. The molecule has 9 nitrogen and oxygen atoms in total. The van der Waals surface area contributed by atoms with Crippen molar-refractivity contribution in [2.24, 2.45) is 11.1 Å². The van der Waals surface area contributed by atoms with E-state index in [0.717, 1.165) is 0 Å². The van der Waals surface area contributed by atoms with Crippen molar-refractivity contribution in [1.29, 1.82) is 0 Å². The number of benzene rings is 1. The third kappa shape index (κ3) is 6.81. The number of piperazine rings is 1. The van der Waals surface area contributed by atoms with Crippen molar-refractivity contribution in [2.75, 3.05) is 44.6 Å². The van der Waals surface area contributed by atoms with Gasteiger partial charge in [-0.3, -0.25) is 9.69 Å². The molecule has 3 amide bonds. The van der Waals surface area contributed by atoms with Gasteiger partial charge in [0.15, 0.2) is 0 Å². The molecule has 1 aromatic rings. The summed E-state index contributed by atoms with van der Waals surface area (Å²) in [4.78, 5) is 27.9. The summed E-state index contributed by atoms with van der Waals surface area (Å²) in [7, 11) is -3.76. The van der Waals surface area contributed by atoms with Crippen molar-refractivity contribution in [1.82, 2.24) is 15.1 Å². The lowest BCUT2D eigenvalue weighted by Gasteiger charge is -2.34. The maximum Gasteiger partial charge on any atom is 0.321 e. The first-order chi connectivity index (χ1) is 12.6. The van der Waals surface area contributed by atoms with Crippen molar-refractivity contribution < 1.29 is 18.0 Å². The fourth-order valence-electron chi connectivity index (χ4n) is 2.62. The minimum atomic E-state index is -3.76. The van der Waals surface area contributed by atoms with Crippen LogP contribution in [0, 0.1) is 5.92 Å². The quantitative estimate of drug-likeness (QED) is 0.635. The Labute approximate surface area is 159 Å². The van der Waals surface area contributed by atoms with E-state index in [1.807, 2.05) is 18.7 Å². The first kappa shape index (κ1) is 21.1. The standard InChI is InChI=1S/C17H27N5O4S/c1-13(2)11-19-16(23)12-21-7-9-22(10-8-21)17(24)20-14-3-5-15(6-4-14)27(18,25)26/h3-6,13H,7-12H2,1-2H3,(H,19,23)(H,20,24)(H2,18,25,26). The van der Waals surface area contributed by atoms with Crippen molar-refractivity contribution in [3.05, 3.63) is 24.3 Å². The molecule has 2 rings (SSSR count). The van der Waals surface area contributed by atoms with Crippen molar-refractivity contribution in [3.8, 4) is 0 Å². The van der Waals surface area contributed by atoms with Gasteiger partial charge in [0.05, 0.1) is 11.4 Å². The van der Waals surface area contributed by atoms with Crippen LogP contribution in [0.25, 0.3) is 0 Å². The van der Waals surface area contributed by atoms with Gasteiger partial charge < -0.3 is 15.5 Å². The Morgan fingerprint density at radius 1 is 1.11 bits per heavy atom. The van der Waals surface area contributed by atoms with Crippen LogP contribution in [0.2, 0.25) is 0 Å². The highest BCUT2D eigenvalue weighted by Gasteiger charge is 2.22. The second kappa shape index (κ2) is 9.16. The third-order valence-electron chi connectivity index (χ3n) is 4.17. The fraction of sp³-hybridized carbons (Fsp3) is 0.529. The van der Waals surface area contributed by atoms with Crippen LogP contribution in [0.5, 0.6) is 0 Å². The number of hydrogen-bond donors (Lipinski definition) is 3. The Morgan fingerprint density at radius 3 is 2.22 bits per heavy atom. The number of primary sulfonamides is 1. The summed E-state index contributed by atoms with van der Waals surface area (Å²) in [5.74, 6) is 0.407. The molecule has 0 saturated carbocycles. The summed E-state index contributed by atoms with van der Waals surface area (Å²) in [6.07, 6.45) is 0. The number of rotatable bonds is 6. The molecular weight excluding hydrogens is 370 g/mol. The van der Waals surface area contributed by atoms with Gasteiger partial charge in [-0.1, -0.05) is 13.8 Å². The average molecular weight is 398 g/mol. The zero-order chi connectivity index (χ0) is 20.0. The van der Waals surface area contributed by atoms with Gasteiger partial charge in [0.25, 0.3) is 0 Å². The van der Waals surface area contributed by atoms with E-state index in [1.165, 1.54) is 24.3 Å². The summed E-state index contributed by atoms with van der Waals surface area (Å²) < 4.78 is 22.5. The van der Waals surface area contributed by atoms with E-state index in [-0.39, 0.29) is 16.8 Å². The molecule has 0 unspecified atom stereocenters. The Balaban J connectivity index is 1.78. The number of hydrogen-bond acceptors (Lipinski definition) is 5. The molecule has 0 aromatic heterocycles. The zero-order valence-corrected chi connectivity index (χ0v) is 16.5. The Kier molecular flexibility index (Phi) is 7.17.